The van der Waals surface area contributed by atoms with Crippen LogP contribution < -0.4 is 5.32 Å². The molecular weight excluding hydrogens is 306 g/mol. The average molecular weight is 328 g/mol. The summed E-state index contributed by atoms with van der Waals surface area (Å²) >= 11 is 5.24. The molecule has 0 fully saturated rings. The molecular formula is C15H21NOS3. The highest BCUT2D eigenvalue weighted by molar-refractivity contribution is 7.98. The van der Waals surface area contributed by atoms with Crippen molar-refractivity contribution in [2.75, 3.05) is 18.6 Å². The summed E-state index contributed by atoms with van der Waals surface area (Å²) in [5.74, 6) is 0.746. The van der Waals surface area contributed by atoms with Gasteiger partial charge in [-0.3, -0.25) is 0 Å². The van der Waals surface area contributed by atoms with Crippen LogP contribution in [-0.2, 0) is 6.42 Å². The highest BCUT2D eigenvalue weighted by Crippen LogP contribution is 2.25. The smallest absolute Gasteiger partial charge is 0.0833 e. The SMILES string of the molecule is CSCC(C)(O)CNC(Cc1cccs1)c1cccs1. The number of rotatable bonds is 8. The van der Waals surface area contributed by atoms with Gasteiger partial charge < -0.3 is 10.4 Å². The Kier molecular flexibility index (Phi) is 6.11. The van der Waals surface area contributed by atoms with E-state index in [0.29, 0.717) is 6.54 Å². The number of nitrogens with one attached hydrogen (secondary N) is 1. The van der Waals surface area contributed by atoms with Crippen LogP contribution in [0.4, 0.5) is 0 Å². The standard InChI is InChI=1S/C15H21NOS3/c1-15(17,11-18-2)10-16-13(14-6-4-8-20-14)9-12-5-3-7-19-12/h3-8,13,16-17H,9-11H2,1-2H3. The van der Waals surface area contributed by atoms with Crippen LogP contribution in [-0.4, -0.2) is 29.3 Å². The third-order valence-corrected chi connectivity index (χ3v) is 5.85. The fraction of sp³-hybridized carbons (Fsp3) is 0.467. The first-order chi connectivity index (χ1) is 9.61. The summed E-state index contributed by atoms with van der Waals surface area (Å²) in [6.07, 6.45) is 3.00. The van der Waals surface area contributed by atoms with E-state index >= 15 is 0 Å². The first-order valence-electron chi connectivity index (χ1n) is 6.61. The number of aliphatic hydroxyl groups is 1. The van der Waals surface area contributed by atoms with Crippen molar-refractivity contribution >= 4 is 34.4 Å². The van der Waals surface area contributed by atoms with E-state index in [9.17, 15) is 5.11 Å². The summed E-state index contributed by atoms with van der Waals surface area (Å²) in [5, 5.41) is 18.1. The molecule has 110 valence electrons. The van der Waals surface area contributed by atoms with Crippen LogP contribution in [0.1, 0.15) is 22.7 Å². The zero-order chi connectivity index (χ0) is 14.4. The van der Waals surface area contributed by atoms with E-state index in [4.69, 9.17) is 0 Å². The van der Waals surface area contributed by atoms with Gasteiger partial charge in [0, 0.05) is 34.5 Å². The molecule has 2 N–H and O–H groups in total. The molecule has 2 heterocycles. The Bertz CT molecular complexity index is 479. The summed E-state index contributed by atoms with van der Waals surface area (Å²) in [4.78, 5) is 2.71. The summed E-state index contributed by atoms with van der Waals surface area (Å²) in [7, 11) is 0. The molecule has 2 aromatic heterocycles. The van der Waals surface area contributed by atoms with Gasteiger partial charge in [-0.2, -0.15) is 11.8 Å². The molecule has 0 saturated heterocycles. The van der Waals surface area contributed by atoms with E-state index in [1.54, 1.807) is 34.4 Å². The summed E-state index contributed by atoms with van der Waals surface area (Å²) in [6, 6.07) is 8.80. The van der Waals surface area contributed by atoms with Crippen LogP contribution in [0, 0.1) is 0 Å². The molecule has 0 bridgehead atoms. The monoisotopic (exact) mass is 327 g/mol. The molecule has 0 aliphatic rings. The number of hydrogen-bond acceptors (Lipinski definition) is 5. The predicted molar refractivity (Wildman–Crippen MR) is 92.1 cm³/mol. The normalized spacial score (nSPS) is 15.9. The number of hydrogen-bond donors (Lipinski definition) is 2. The van der Waals surface area contributed by atoms with Gasteiger partial charge in [-0.05, 0) is 36.1 Å². The van der Waals surface area contributed by atoms with Gasteiger partial charge in [-0.15, -0.1) is 22.7 Å². The summed E-state index contributed by atoms with van der Waals surface area (Å²) in [5.41, 5.74) is -0.662. The zero-order valence-electron chi connectivity index (χ0n) is 11.8. The predicted octanol–water partition coefficient (Wildman–Crippen LogP) is 3.80. The van der Waals surface area contributed by atoms with Crippen molar-refractivity contribution in [2.45, 2.75) is 25.0 Å². The molecule has 0 spiro atoms. The van der Waals surface area contributed by atoms with Crippen molar-refractivity contribution in [3.8, 4) is 0 Å². The van der Waals surface area contributed by atoms with Crippen molar-refractivity contribution < 1.29 is 5.11 Å². The fourth-order valence-electron chi connectivity index (χ4n) is 2.10. The topological polar surface area (TPSA) is 32.3 Å². The molecule has 0 aliphatic heterocycles. The minimum atomic E-state index is -0.662. The number of thiophene rings is 2. The molecule has 0 aromatic carbocycles. The van der Waals surface area contributed by atoms with Crippen molar-refractivity contribution in [3.05, 3.63) is 44.8 Å². The van der Waals surface area contributed by atoms with Crippen LogP contribution in [0.2, 0.25) is 0 Å². The number of thioether (sulfide) groups is 1. The van der Waals surface area contributed by atoms with Gasteiger partial charge in [0.15, 0.2) is 0 Å². The van der Waals surface area contributed by atoms with Crippen molar-refractivity contribution in [3.63, 3.8) is 0 Å². The molecule has 0 aliphatic carbocycles. The first kappa shape index (κ1) is 16.0. The second kappa shape index (κ2) is 7.61. The zero-order valence-corrected chi connectivity index (χ0v) is 14.3. The largest absolute Gasteiger partial charge is 0.388 e. The van der Waals surface area contributed by atoms with Crippen LogP contribution in [0.3, 0.4) is 0 Å². The summed E-state index contributed by atoms with van der Waals surface area (Å²) < 4.78 is 0. The van der Waals surface area contributed by atoms with Gasteiger partial charge in [0.2, 0.25) is 0 Å². The van der Waals surface area contributed by atoms with Gasteiger partial charge in [-0.25, -0.2) is 0 Å². The molecule has 5 heteroatoms. The molecule has 0 radical (unpaired) electrons. The maximum absolute atomic E-state index is 10.3. The van der Waals surface area contributed by atoms with Crippen molar-refractivity contribution in [2.24, 2.45) is 0 Å². The highest BCUT2D eigenvalue weighted by atomic mass is 32.2. The van der Waals surface area contributed by atoms with Gasteiger partial charge in [0.05, 0.1) is 5.60 Å². The molecule has 2 nitrogen and oxygen atoms in total. The summed E-state index contributed by atoms with van der Waals surface area (Å²) in [6.45, 7) is 2.51. The van der Waals surface area contributed by atoms with Crippen molar-refractivity contribution in [1.82, 2.24) is 5.32 Å². The average Bonchev–Trinajstić information content (AvgIpc) is 3.07. The molecule has 0 saturated carbocycles. The molecule has 20 heavy (non-hydrogen) atoms. The Morgan fingerprint density at radius 3 is 2.65 bits per heavy atom. The second-order valence-electron chi connectivity index (χ2n) is 5.16. The fourth-order valence-corrected chi connectivity index (χ4v) is 4.38. The molecule has 2 aromatic rings. The van der Waals surface area contributed by atoms with E-state index in [0.717, 1.165) is 12.2 Å². The third-order valence-electron chi connectivity index (χ3n) is 3.06. The lowest BCUT2D eigenvalue weighted by Crippen LogP contribution is -2.41. The van der Waals surface area contributed by atoms with Gasteiger partial charge in [0.25, 0.3) is 0 Å². The Hall–Kier alpha value is -0.330. The van der Waals surface area contributed by atoms with E-state index in [2.05, 4.69) is 40.3 Å². The minimum absolute atomic E-state index is 0.280. The Morgan fingerprint density at radius 1 is 1.30 bits per heavy atom. The highest BCUT2D eigenvalue weighted by Gasteiger charge is 2.22. The Morgan fingerprint density at radius 2 is 2.05 bits per heavy atom. The second-order valence-corrected chi connectivity index (χ2v) is 8.04. The maximum Gasteiger partial charge on any atom is 0.0833 e. The van der Waals surface area contributed by atoms with Gasteiger partial charge >= 0.3 is 0 Å². The molecule has 2 unspecified atom stereocenters. The van der Waals surface area contributed by atoms with E-state index in [1.807, 2.05) is 13.2 Å². The van der Waals surface area contributed by atoms with Crippen LogP contribution >= 0.6 is 34.4 Å². The first-order valence-corrected chi connectivity index (χ1v) is 9.76. The third kappa shape index (κ3) is 4.90. The van der Waals surface area contributed by atoms with E-state index in [1.165, 1.54) is 9.75 Å². The molecule has 2 atom stereocenters. The van der Waals surface area contributed by atoms with Gasteiger partial charge in [-0.1, -0.05) is 12.1 Å². The minimum Gasteiger partial charge on any atom is -0.388 e. The van der Waals surface area contributed by atoms with E-state index in [-0.39, 0.29) is 6.04 Å². The molecule has 2 rings (SSSR count). The lowest BCUT2D eigenvalue weighted by Gasteiger charge is -2.26. The van der Waals surface area contributed by atoms with E-state index < -0.39 is 5.60 Å². The van der Waals surface area contributed by atoms with Crippen molar-refractivity contribution in [1.29, 1.82) is 0 Å². The lowest BCUT2D eigenvalue weighted by atomic mass is 10.1. The van der Waals surface area contributed by atoms with Gasteiger partial charge in [0.1, 0.15) is 0 Å². The van der Waals surface area contributed by atoms with Crippen LogP contribution in [0.5, 0.6) is 0 Å². The van der Waals surface area contributed by atoms with Crippen LogP contribution in [0.15, 0.2) is 35.0 Å². The Balaban J connectivity index is 2.00. The quantitative estimate of drug-likeness (QED) is 0.773. The molecule has 0 amide bonds. The maximum atomic E-state index is 10.3. The lowest BCUT2D eigenvalue weighted by molar-refractivity contribution is 0.0815. The Labute approximate surface area is 133 Å². The van der Waals surface area contributed by atoms with Crippen LogP contribution in [0.25, 0.3) is 0 Å².